The average Bonchev–Trinajstić information content (AvgIpc) is 2.88. The van der Waals surface area contributed by atoms with Crippen molar-refractivity contribution in [1.82, 2.24) is 0 Å². The number of nitrogens with zero attached hydrogens (tertiary/aromatic N) is 1. The van der Waals surface area contributed by atoms with Gasteiger partial charge in [0.25, 0.3) is 5.91 Å². The Hall–Kier alpha value is -3.25. The number of carbonyl (C=O) groups excluding carboxylic acids is 2. The van der Waals surface area contributed by atoms with Gasteiger partial charge >= 0.3 is 5.97 Å². The molecule has 1 heterocycles. The first kappa shape index (κ1) is 20.0. The number of rotatable bonds is 5. The Bertz CT molecular complexity index is 1040. The van der Waals surface area contributed by atoms with Gasteiger partial charge < -0.3 is 19.1 Å². The zero-order chi connectivity index (χ0) is 21.1. The molecule has 0 bridgehead atoms. The summed E-state index contributed by atoms with van der Waals surface area (Å²) in [6, 6.07) is 11.9. The molecule has 0 atom stereocenters. The van der Waals surface area contributed by atoms with Gasteiger partial charge in [-0.2, -0.15) is 0 Å². The molecule has 30 heavy (non-hydrogen) atoms. The molecule has 0 unspecified atom stereocenters. The van der Waals surface area contributed by atoms with E-state index in [1.54, 1.807) is 47.4 Å². The lowest BCUT2D eigenvalue weighted by atomic mass is 10.0. The summed E-state index contributed by atoms with van der Waals surface area (Å²) in [5.74, 6) is 1.20. The Balaban J connectivity index is 1.52. The number of anilines is 1. The van der Waals surface area contributed by atoms with Crippen LogP contribution in [0.15, 0.2) is 65.9 Å². The number of benzene rings is 2. The van der Waals surface area contributed by atoms with Crippen LogP contribution in [0.4, 0.5) is 5.69 Å². The van der Waals surface area contributed by atoms with Crippen LogP contribution in [-0.2, 0) is 9.53 Å². The van der Waals surface area contributed by atoms with E-state index in [0.29, 0.717) is 52.1 Å². The topological polar surface area (TPSA) is 65.1 Å². The zero-order valence-corrected chi connectivity index (χ0v) is 17.1. The minimum absolute atomic E-state index is 0.0972. The lowest BCUT2D eigenvalue weighted by Crippen LogP contribution is -2.35. The largest absolute Gasteiger partial charge is 0.492 e. The van der Waals surface area contributed by atoms with Gasteiger partial charge in [-0.05, 0) is 55.3 Å². The molecule has 2 aliphatic rings. The molecule has 0 fully saturated rings. The molecule has 0 saturated carbocycles. The maximum Gasteiger partial charge on any atom is 0.337 e. The van der Waals surface area contributed by atoms with Gasteiger partial charge in [0.1, 0.15) is 18.1 Å². The Morgan fingerprint density at radius 3 is 2.77 bits per heavy atom. The first-order valence-corrected chi connectivity index (χ1v) is 9.95. The molecule has 1 amide bonds. The van der Waals surface area contributed by atoms with E-state index in [1.807, 2.05) is 12.2 Å². The summed E-state index contributed by atoms with van der Waals surface area (Å²) in [6.45, 7) is 0.597. The summed E-state index contributed by atoms with van der Waals surface area (Å²) in [5, 5.41) is 0.534. The molecule has 0 N–H and O–H groups in total. The lowest BCUT2D eigenvalue weighted by Gasteiger charge is -2.23. The first-order chi connectivity index (χ1) is 14.6. The van der Waals surface area contributed by atoms with Gasteiger partial charge in [-0.15, -0.1) is 0 Å². The van der Waals surface area contributed by atoms with Crippen molar-refractivity contribution in [3.05, 3.63) is 76.5 Å². The summed E-state index contributed by atoms with van der Waals surface area (Å²) in [7, 11) is 1.34. The Morgan fingerprint density at radius 2 is 2.00 bits per heavy atom. The molecular formula is C23H20ClNO5. The van der Waals surface area contributed by atoms with Crippen molar-refractivity contribution in [2.75, 3.05) is 25.2 Å². The summed E-state index contributed by atoms with van der Waals surface area (Å²) in [6.07, 6.45) is 5.25. The molecule has 1 aliphatic carbocycles. The monoisotopic (exact) mass is 425 g/mol. The maximum atomic E-state index is 13.2. The van der Waals surface area contributed by atoms with Gasteiger partial charge in [0.05, 0.1) is 30.5 Å². The van der Waals surface area contributed by atoms with Gasteiger partial charge in [-0.3, -0.25) is 4.79 Å². The van der Waals surface area contributed by atoms with Crippen molar-refractivity contribution < 1.29 is 23.8 Å². The highest BCUT2D eigenvalue weighted by Crippen LogP contribution is 2.38. The second kappa shape index (κ2) is 8.63. The molecule has 2 aromatic carbocycles. The number of methoxy groups -OCH3 is 1. The van der Waals surface area contributed by atoms with Crippen LogP contribution in [0.3, 0.4) is 0 Å². The molecule has 0 saturated heterocycles. The standard InChI is InChI=1S/C23H20ClNO5/c1-28-23(27)15-6-9-17(10-7-15)29-13-12-25-19-11-8-16(24)14-21(19)30-20-5-3-2-4-18(20)22(25)26/h3,5-11,14H,2,4,12-13H2,1H3. The zero-order valence-electron chi connectivity index (χ0n) is 16.4. The quantitative estimate of drug-likeness (QED) is 0.658. The fraction of sp³-hybridized carbons (Fsp3) is 0.217. The van der Waals surface area contributed by atoms with E-state index >= 15 is 0 Å². The minimum atomic E-state index is -0.405. The van der Waals surface area contributed by atoms with E-state index in [0.717, 1.165) is 6.42 Å². The number of hydrogen-bond acceptors (Lipinski definition) is 5. The number of allylic oxidation sites excluding steroid dienone is 2. The van der Waals surface area contributed by atoms with Gasteiger partial charge in [-0.25, -0.2) is 4.79 Å². The predicted octanol–water partition coefficient (Wildman–Crippen LogP) is 4.54. The van der Waals surface area contributed by atoms with Crippen molar-refractivity contribution >= 4 is 29.2 Å². The minimum Gasteiger partial charge on any atom is -0.492 e. The maximum absolute atomic E-state index is 13.2. The lowest BCUT2D eigenvalue weighted by molar-refractivity contribution is -0.115. The van der Waals surface area contributed by atoms with Gasteiger partial charge in [0, 0.05) is 11.1 Å². The highest BCUT2D eigenvalue weighted by molar-refractivity contribution is 6.31. The Kier molecular flexibility index (Phi) is 5.77. The molecular weight excluding hydrogens is 406 g/mol. The van der Waals surface area contributed by atoms with Gasteiger partial charge in [-0.1, -0.05) is 17.7 Å². The number of ether oxygens (including phenoxy) is 3. The molecule has 6 nitrogen and oxygen atoms in total. The highest BCUT2D eigenvalue weighted by atomic mass is 35.5. The molecule has 2 aromatic rings. The molecule has 0 radical (unpaired) electrons. The third kappa shape index (κ3) is 4.04. The summed E-state index contributed by atoms with van der Waals surface area (Å²) >= 11 is 6.14. The fourth-order valence-electron chi connectivity index (χ4n) is 3.42. The van der Waals surface area contributed by atoms with E-state index < -0.39 is 5.97 Å². The summed E-state index contributed by atoms with van der Waals surface area (Å²) in [4.78, 5) is 26.4. The number of hydrogen-bond donors (Lipinski definition) is 0. The van der Waals surface area contributed by atoms with Crippen molar-refractivity contribution in [3.8, 4) is 11.5 Å². The summed E-state index contributed by atoms with van der Waals surface area (Å²) < 4.78 is 16.5. The van der Waals surface area contributed by atoms with Crippen LogP contribution in [0.25, 0.3) is 0 Å². The van der Waals surface area contributed by atoms with E-state index in [4.69, 9.17) is 25.8 Å². The Morgan fingerprint density at radius 1 is 1.20 bits per heavy atom. The highest BCUT2D eigenvalue weighted by Gasteiger charge is 2.30. The van der Waals surface area contributed by atoms with E-state index in [-0.39, 0.29) is 12.5 Å². The van der Waals surface area contributed by atoms with Crippen molar-refractivity contribution in [2.24, 2.45) is 0 Å². The van der Waals surface area contributed by atoms with E-state index in [1.165, 1.54) is 7.11 Å². The average molecular weight is 426 g/mol. The molecule has 1 aliphatic heterocycles. The van der Waals surface area contributed by atoms with Crippen molar-refractivity contribution in [1.29, 1.82) is 0 Å². The molecule has 0 spiro atoms. The number of halogens is 1. The van der Waals surface area contributed by atoms with E-state index in [2.05, 4.69) is 0 Å². The first-order valence-electron chi connectivity index (χ1n) is 9.57. The number of amides is 1. The third-order valence-electron chi connectivity index (χ3n) is 4.92. The molecule has 4 rings (SSSR count). The predicted molar refractivity (Wildman–Crippen MR) is 113 cm³/mol. The smallest absolute Gasteiger partial charge is 0.337 e. The number of fused-ring (bicyclic) bond motifs is 1. The van der Waals surface area contributed by atoms with Gasteiger partial charge in [0.2, 0.25) is 0 Å². The molecule has 7 heteroatoms. The van der Waals surface area contributed by atoms with Crippen LogP contribution in [0.2, 0.25) is 5.02 Å². The van der Waals surface area contributed by atoms with Gasteiger partial charge in [0.15, 0.2) is 5.75 Å². The fourth-order valence-corrected chi connectivity index (χ4v) is 3.58. The van der Waals surface area contributed by atoms with Crippen LogP contribution in [0.1, 0.15) is 23.2 Å². The number of carbonyl (C=O) groups is 2. The van der Waals surface area contributed by atoms with Crippen LogP contribution in [0.5, 0.6) is 11.5 Å². The van der Waals surface area contributed by atoms with Crippen LogP contribution in [-0.4, -0.2) is 32.1 Å². The molecule has 154 valence electrons. The second-order valence-corrected chi connectivity index (χ2v) is 7.26. The van der Waals surface area contributed by atoms with E-state index in [9.17, 15) is 9.59 Å². The molecule has 0 aromatic heterocycles. The number of esters is 1. The van der Waals surface area contributed by atoms with Crippen LogP contribution >= 0.6 is 11.6 Å². The second-order valence-electron chi connectivity index (χ2n) is 6.82. The summed E-state index contributed by atoms with van der Waals surface area (Å²) in [5.41, 5.74) is 1.74. The Labute approximate surface area is 179 Å². The van der Waals surface area contributed by atoms with Crippen molar-refractivity contribution in [2.45, 2.75) is 12.8 Å². The van der Waals surface area contributed by atoms with Crippen LogP contribution < -0.4 is 14.4 Å². The van der Waals surface area contributed by atoms with Crippen LogP contribution in [0, 0.1) is 0 Å². The van der Waals surface area contributed by atoms with Crippen molar-refractivity contribution in [3.63, 3.8) is 0 Å². The third-order valence-corrected chi connectivity index (χ3v) is 5.16. The SMILES string of the molecule is COC(=O)c1ccc(OCCN2C(=O)C3=C(C=CCC3)Oc3cc(Cl)ccc32)cc1. The normalized spacial score (nSPS) is 15.1.